The van der Waals surface area contributed by atoms with E-state index in [0.717, 1.165) is 23.1 Å². The number of carbonyl (C=O) groups excluding carboxylic acids is 2. The highest BCUT2D eigenvalue weighted by molar-refractivity contribution is 6.99. The van der Waals surface area contributed by atoms with Crippen molar-refractivity contribution in [3.8, 4) is 5.75 Å². The number of amides is 2. The van der Waals surface area contributed by atoms with Crippen LogP contribution in [0.25, 0.3) is 0 Å². The van der Waals surface area contributed by atoms with Crippen LogP contribution in [0.4, 0.5) is 0 Å². The zero-order valence-corrected chi connectivity index (χ0v) is 14.6. The van der Waals surface area contributed by atoms with E-state index in [4.69, 9.17) is 4.74 Å². The Balaban J connectivity index is 1.90. The summed E-state index contributed by atoms with van der Waals surface area (Å²) in [4.78, 5) is 23.7. The fraction of sp³-hybridized carbons (Fsp3) is 0.375. The van der Waals surface area contributed by atoms with E-state index < -0.39 is 0 Å². The number of rotatable bonds is 7. The first-order chi connectivity index (χ1) is 11.5. The summed E-state index contributed by atoms with van der Waals surface area (Å²) in [5.74, 6) is 0.00445. The summed E-state index contributed by atoms with van der Waals surface area (Å²) in [7, 11) is 0. The minimum atomic E-state index is -0.328. The minimum absolute atomic E-state index is 0.0368. The Morgan fingerprint density at radius 1 is 1.29 bits per heavy atom. The summed E-state index contributed by atoms with van der Waals surface area (Å²) in [6.07, 6.45) is 0. The number of nitrogens with zero attached hydrogens (tertiary/aromatic N) is 2. The lowest BCUT2D eigenvalue weighted by Gasteiger charge is -2.10. The summed E-state index contributed by atoms with van der Waals surface area (Å²) in [5, 5.41) is 5.29. The van der Waals surface area contributed by atoms with Crippen molar-refractivity contribution in [3.05, 3.63) is 41.2 Å². The largest absolute Gasteiger partial charge is 0.487 e. The van der Waals surface area contributed by atoms with Gasteiger partial charge < -0.3 is 15.4 Å². The van der Waals surface area contributed by atoms with E-state index in [1.807, 2.05) is 20.8 Å². The van der Waals surface area contributed by atoms with Crippen LogP contribution in [-0.2, 0) is 11.4 Å². The fourth-order valence-corrected chi connectivity index (χ4v) is 2.45. The number of hydrogen-bond acceptors (Lipinski definition) is 6. The Morgan fingerprint density at radius 2 is 2.08 bits per heavy atom. The Kier molecular flexibility index (Phi) is 6.25. The van der Waals surface area contributed by atoms with E-state index >= 15 is 0 Å². The Morgan fingerprint density at radius 3 is 2.75 bits per heavy atom. The molecular weight excluding hydrogens is 328 g/mol. The lowest BCUT2D eigenvalue weighted by atomic mass is 10.2. The first kappa shape index (κ1) is 17.9. The topological polar surface area (TPSA) is 93.2 Å². The fourth-order valence-electron chi connectivity index (χ4n) is 1.89. The van der Waals surface area contributed by atoms with Crippen molar-refractivity contribution in [1.82, 2.24) is 19.4 Å². The van der Waals surface area contributed by atoms with Crippen LogP contribution in [0.3, 0.4) is 0 Å². The van der Waals surface area contributed by atoms with Crippen LogP contribution in [0.5, 0.6) is 5.75 Å². The van der Waals surface area contributed by atoms with Gasteiger partial charge in [0.2, 0.25) is 5.91 Å². The molecule has 2 aromatic rings. The molecule has 1 aromatic heterocycles. The first-order valence-electron chi connectivity index (χ1n) is 7.54. The quantitative estimate of drug-likeness (QED) is 0.794. The van der Waals surface area contributed by atoms with Crippen LogP contribution in [0.15, 0.2) is 24.3 Å². The first-order valence-corrected chi connectivity index (χ1v) is 8.27. The van der Waals surface area contributed by atoms with Gasteiger partial charge in [-0.1, -0.05) is 6.07 Å². The number of nitrogens with one attached hydrogen (secondary N) is 2. The average molecular weight is 348 g/mol. The zero-order valence-electron chi connectivity index (χ0n) is 13.8. The molecule has 0 aliphatic rings. The van der Waals surface area contributed by atoms with Crippen molar-refractivity contribution in [1.29, 1.82) is 0 Å². The van der Waals surface area contributed by atoms with E-state index in [9.17, 15) is 9.59 Å². The molecule has 8 heteroatoms. The van der Waals surface area contributed by atoms with Crippen LogP contribution < -0.4 is 15.4 Å². The van der Waals surface area contributed by atoms with Crippen LogP contribution in [0.2, 0.25) is 0 Å². The molecular formula is C16H20N4O3S. The molecule has 2 rings (SSSR count). The van der Waals surface area contributed by atoms with E-state index in [-0.39, 0.29) is 24.4 Å². The maximum atomic E-state index is 12.1. The number of ether oxygens (including phenoxy) is 1. The van der Waals surface area contributed by atoms with E-state index in [1.54, 1.807) is 24.3 Å². The molecule has 0 radical (unpaired) electrons. The summed E-state index contributed by atoms with van der Waals surface area (Å²) < 4.78 is 13.9. The molecule has 128 valence electrons. The maximum Gasteiger partial charge on any atom is 0.251 e. The number of hydrogen-bond donors (Lipinski definition) is 2. The molecule has 0 saturated carbocycles. The third-order valence-corrected chi connectivity index (χ3v) is 3.73. The molecule has 1 aromatic carbocycles. The molecule has 0 atom stereocenters. The predicted molar refractivity (Wildman–Crippen MR) is 91.0 cm³/mol. The number of aromatic nitrogens is 2. The molecule has 0 spiro atoms. The average Bonchev–Trinajstić information content (AvgIpc) is 2.95. The normalized spacial score (nSPS) is 10.5. The third kappa shape index (κ3) is 5.31. The second-order valence-corrected chi connectivity index (χ2v) is 6.05. The maximum absolute atomic E-state index is 12.1. The van der Waals surface area contributed by atoms with Crippen molar-refractivity contribution < 1.29 is 14.3 Å². The van der Waals surface area contributed by atoms with Gasteiger partial charge in [-0.15, -0.1) is 0 Å². The monoisotopic (exact) mass is 348 g/mol. The van der Waals surface area contributed by atoms with Crippen molar-refractivity contribution in [2.24, 2.45) is 0 Å². The Hall–Kier alpha value is -2.48. The number of aryl methyl sites for hydroxylation is 1. The highest BCUT2D eigenvalue weighted by Gasteiger charge is 2.10. The molecule has 0 saturated heterocycles. The standard InChI is InChI=1S/C16H20N4O3S/c1-10(2)18-15(21)8-17-16(22)12-5-4-6-13(7-12)23-9-14-11(3)19-24-20-14/h4-7,10H,8-9H2,1-3H3,(H,17,22)(H,18,21). The van der Waals surface area contributed by atoms with Gasteiger partial charge in [-0.25, -0.2) is 0 Å². The van der Waals surface area contributed by atoms with Crippen molar-refractivity contribution >= 4 is 23.5 Å². The smallest absolute Gasteiger partial charge is 0.251 e. The summed E-state index contributed by atoms with van der Waals surface area (Å²) >= 11 is 1.14. The van der Waals surface area contributed by atoms with Crippen molar-refractivity contribution in [2.75, 3.05) is 6.54 Å². The highest BCUT2D eigenvalue weighted by atomic mass is 32.1. The summed E-state index contributed by atoms with van der Waals surface area (Å²) in [6, 6.07) is 6.82. The lowest BCUT2D eigenvalue weighted by Crippen LogP contribution is -2.39. The third-order valence-electron chi connectivity index (χ3n) is 3.08. The zero-order chi connectivity index (χ0) is 17.5. The van der Waals surface area contributed by atoms with Gasteiger partial charge in [-0.05, 0) is 39.0 Å². The van der Waals surface area contributed by atoms with Crippen LogP contribution in [-0.4, -0.2) is 33.1 Å². The Bertz CT molecular complexity index is 715. The number of benzene rings is 1. The SMILES string of the molecule is Cc1nsnc1COc1cccc(C(=O)NCC(=O)NC(C)C)c1. The predicted octanol–water partition coefficient (Wildman–Crippen LogP) is 1.68. The van der Waals surface area contributed by atoms with Gasteiger partial charge in [0.15, 0.2) is 0 Å². The minimum Gasteiger partial charge on any atom is -0.487 e. The molecule has 2 N–H and O–H groups in total. The van der Waals surface area contributed by atoms with Gasteiger partial charge in [0.05, 0.1) is 24.0 Å². The molecule has 0 unspecified atom stereocenters. The van der Waals surface area contributed by atoms with Gasteiger partial charge in [0.25, 0.3) is 5.91 Å². The molecule has 2 amide bonds. The van der Waals surface area contributed by atoms with Crippen LogP contribution in [0.1, 0.15) is 35.6 Å². The lowest BCUT2D eigenvalue weighted by molar-refractivity contribution is -0.120. The van der Waals surface area contributed by atoms with Gasteiger partial charge >= 0.3 is 0 Å². The van der Waals surface area contributed by atoms with Crippen LogP contribution >= 0.6 is 11.7 Å². The van der Waals surface area contributed by atoms with Gasteiger partial charge in [0, 0.05) is 11.6 Å². The molecule has 24 heavy (non-hydrogen) atoms. The summed E-state index contributed by atoms with van der Waals surface area (Å²) in [6.45, 7) is 5.82. The number of carbonyl (C=O) groups is 2. The molecule has 0 fully saturated rings. The van der Waals surface area contributed by atoms with Gasteiger partial charge in [-0.3, -0.25) is 9.59 Å². The van der Waals surface area contributed by atoms with Crippen molar-refractivity contribution in [2.45, 2.75) is 33.4 Å². The molecule has 0 aliphatic carbocycles. The van der Waals surface area contributed by atoms with E-state index in [1.165, 1.54) is 0 Å². The Labute approximate surface area is 144 Å². The van der Waals surface area contributed by atoms with E-state index in [2.05, 4.69) is 19.4 Å². The second-order valence-electron chi connectivity index (χ2n) is 5.52. The van der Waals surface area contributed by atoms with Crippen LogP contribution in [0, 0.1) is 6.92 Å². The molecule has 1 heterocycles. The summed E-state index contributed by atoms with van der Waals surface area (Å²) in [5.41, 5.74) is 2.04. The van der Waals surface area contributed by atoms with Crippen molar-refractivity contribution in [3.63, 3.8) is 0 Å². The second kappa shape index (κ2) is 8.39. The molecule has 7 nitrogen and oxygen atoms in total. The highest BCUT2D eigenvalue weighted by Crippen LogP contribution is 2.16. The molecule has 0 aliphatic heterocycles. The molecule has 0 bridgehead atoms. The van der Waals surface area contributed by atoms with Gasteiger partial charge in [-0.2, -0.15) is 8.75 Å². The van der Waals surface area contributed by atoms with E-state index in [0.29, 0.717) is 17.9 Å². The van der Waals surface area contributed by atoms with Gasteiger partial charge in [0.1, 0.15) is 18.1 Å².